The summed E-state index contributed by atoms with van der Waals surface area (Å²) in [6, 6.07) is 6.50. The van der Waals surface area contributed by atoms with E-state index in [1.54, 1.807) is 24.3 Å². The number of benzene rings is 5. The molecule has 2 atom stereocenters. The fourth-order valence-corrected chi connectivity index (χ4v) is 10.2. The lowest BCUT2D eigenvalue weighted by atomic mass is 9.80. The molecule has 0 N–H and O–H groups in total. The van der Waals surface area contributed by atoms with Gasteiger partial charge in [0.25, 0.3) is 23.6 Å². The number of rotatable bonds is 16. The smallest absolute Gasteiger partial charge is 0.261 e. The Morgan fingerprint density at radius 1 is 0.569 bits per heavy atom. The number of carbonyl (C=O) groups is 4. The van der Waals surface area contributed by atoms with Crippen LogP contribution in [-0.2, 0) is 0 Å². The van der Waals surface area contributed by atoms with E-state index in [1.165, 1.54) is 9.80 Å². The van der Waals surface area contributed by atoms with Gasteiger partial charge >= 0.3 is 0 Å². The zero-order chi connectivity index (χ0) is 41.4. The van der Waals surface area contributed by atoms with E-state index in [0.29, 0.717) is 52.9 Å². The molecule has 0 saturated heterocycles. The Morgan fingerprint density at radius 2 is 0.931 bits per heavy atom. The first-order valence-corrected chi connectivity index (χ1v) is 21.9. The summed E-state index contributed by atoms with van der Waals surface area (Å²) in [7, 11) is 0. The molecule has 2 heterocycles. The maximum Gasteiger partial charge on any atom is 0.261 e. The molecule has 5 aromatic rings. The summed E-state index contributed by atoms with van der Waals surface area (Å²) in [5.74, 6) is -1.73. The van der Waals surface area contributed by atoms with Gasteiger partial charge in [0.1, 0.15) is 10.8 Å². The van der Waals surface area contributed by atoms with Crippen LogP contribution in [0.3, 0.4) is 0 Å². The Kier molecular flexibility index (Phi) is 12.1. The summed E-state index contributed by atoms with van der Waals surface area (Å²) < 4.78 is 0. The molecule has 2 unspecified atom stereocenters. The van der Waals surface area contributed by atoms with Gasteiger partial charge in [0.05, 0.1) is 32.8 Å². The third-order valence-corrected chi connectivity index (χ3v) is 13.2. The molecule has 5 aromatic carbocycles. The highest BCUT2D eigenvalue weighted by molar-refractivity contribution is 8.04. The van der Waals surface area contributed by atoms with Crippen LogP contribution in [0.25, 0.3) is 43.1 Å². The molecule has 0 aromatic heterocycles. The van der Waals surface area contributed by atoms with Crippen molar-refractivity contribution >= 4 is 136 Å². The lowest BCUT2D eigenvalue weighted by Crippen LogP contribution is -2.43. The molecule has 0 radical (unpaired) electrons. The van der Waals surface area contributed by atoms with Crippen molar-refractivity contribution in [3.8, 4) is 10.8 Å². The van der Waals surface area contributed by atoms with Crippen LogP contribution in [0.15, 0.2) is 44.0 Å². The van der Waals surface area contributed by atoms with Gasteiger partial charge in [-0.05, 0) is 96.9 Å². The number of hydrogen-bond donors (Lipinski definition) is 0. The van der Waals surface area contributed by atoms with Crippen LogP contribution >= 0.6 is 48.0 Å². The van der Waals surface area contributed by atoms with Gasteiger partial charge in [-0.15, -0.1) is 0 Å². The van der Waals surface area contributed by atoms with Gasteiger partial charge in [-0.25, -0.2) is 0 Å². The van der Waals surface area contributed by atoms with E-state index >= 15 is 0 Å². The zero-order valence-electron chi connectivity index (χ0n) is 32.5. The summed E-state index contributed by atoms with van der Waals surface area (Å²) in [6.07, 6.45) is 7.16. The molecule has 292 valence electrons. The second-order valence-corrected chi connectivity index (χ2v) is 16.8. The maximum atomic E-state index is 14.6. The molecule has 0 bridgehead atoms. The van der Waals surface area contributed by atoms with Crippen molar-refractivity contribution in [2.24, 2.45) is 21.8 Å². The number of imide groups is 2. The molecule has 10 nitrogen and oxygen atoms in total. The monoisotopic (exact) mass is 842 g/mol. The minimum absolute atomic E-state index is 0.0892. The summed E-state index contributed by atoms with van der Waals surface area (Å²) in [5.41, 5.74) is 1.43. The lowest BCUT2D eigenvalue weighted by Gasteiger charge is -2.33. The highest BCUT2D eigenvalue weighted by atomic mass is 32.2. The van der Waals surface area contributed by atoms with Crippen LogP contribution in [0, 0.1) is 33.2 Å². The molecule has 7 rings (SSSR count). The van der Waals surface area contributed by atoms with Crippen LogP contribution < -0.4 is 0 Å². The van der Waals surface area contributed by atoms with Gasteiger partial charge in [0.15, 0.2) is 0 Å². The van der Waals surface area contributed by atoms with Crippen LogP contribution in [0.1, 0.15) is 120 Å². The van der Waals surface area contributed by atoms with E-state index < -0.39 is 23.6 Å². The van der Waals surface area contributed by atoms with Gasteiger partial charge in [-0.1, -0.05) is 66.2 Å². The Hall–Kier alpha value is -5.04. The van der Waals surface area contributed by atoms with Crippen LogP contribution in [0.2, 0.25) is 0 Å². The largest absolute Gasteiger partial charge is 0.274 e. The van der Waals surface area contributed by atoms with Crippen molar-refractivity contribution in [1.29, 1.82) is 10.5 Å². The van der Waals surface area contributed by atoms with Crippen molar-refractivity contribution in [2.75, 3.05) is 13.1 Å². The Balaban J connectivity index is 1.66. The SMILES string of the molecule is CCCCC(CC)CN1C(=O)c2cc(N=C=S)c3c4c(N=C=S)cc5c6c(cc(SC#N)c(c7c(SC#N)cc(c2c37)C1=O)c64)C(=O)N(CC(CC)CCCC)C5=O. The number of carbonyl (C=O) groups excluding carboxylic acids is 4. The zero-order valence-corrected chi connectivity index (χ0v) is 35.8. The van der Waals surface area contributed by atoms with E-state index in [-0.39, 0.29) is 58.6 Å². The molecular formula is C44H38N6O4S4. The molecule has 2 aliphatic rings. The highest BCUT2D eigenvalue weighted by Gasteiger charge is 2.41. The maximum absolute atomic E-state index is 14.6. The summed E-state index contributed by atoms with van der Waals surface area (Å²) >= 11 is 12.0. The third kappa shape index (κ3) is 6.59. The fraction of sp³-hybridized carbons (Fsp3) is 0.364. The molecule has 14 heteroatoms. The number of nitrogens with zero attached hydrogens (tertiary/aromatic N) is 6. The average Bonchev–Trinajstić information content (AvgIpc) is 3.22. The van der Waals surface area contributed by atoms with E-state index in [4.69, 9.17) is 24.4 Å². The highest BCUT2D eigenvalue weighted by Crippen LogP contribution is 2.55. The minimum Gasteiger partial charge on any atom is -0.274 e. The van der Waals surface area contributed by atoms with Crippen molar-refractivity contribution in [3.05, 3.63) is 46.5 Å². The van der Waals surface area contributed by atoms with E-state index in [2.05, 4.69) is 45.0 Å². The minimum atomic E-state index is -0.480. The summed E-state index contributed by atoms with van der Waals surface area (Å²) in [5, 5.41) is 33.1. The number of isothiocyanates is 2. The number of aliphatic imine (C=N–C) groups is 2. The fourth-order valence-electron chi connectivity index (χ4n) is 8.85. The molecule has 0 aliphatic carbocycles. The Morgan fingerprint density at radius 3 is 1.24 bits per heavy atom. The van der Waals surface area contributed by atoms with E-state index in [1.807, 2.05) is 13.8 Å². The predicted octanol–water partition coefficient (Wildman–Crippen LogP) is 12.0. The van der Waals surface area contributed by atoms with Crippen molar-refractivity contribution in [2.45, 2.75) is 88.9 Å². The topological polar surface area (TPSA) is 147 Å². The molecule has 0 saturated carbocycles. The van der Waals surface area contributed by atoms with Crippen molar-refractivity contribution in [1.82, 2.24) is 9.80 Å². The average molecular weight is 843 g/mol. The van der Waals surface area contributed by atoms with Gasteiger partial charge in [-0.3, -0.25) is 29.0 Å². The standard InChI is InChI=1S/C44H38N6O4S4/c1-5-9-11-23(7-3)17-49-41(51)25-13-29(47-21-55)35-36-30(48-22-56)14-26-34-28(44(54)50(42(26)52)18-24(8-4)12-10-6-2)16-32(58-20-46)38(40(34)36)37-31(57-19-45)15-27(43(49)53)33(25)39(35)37/h13-16,23-24H,5-12,17-18H2,1-4H3. The molecule has 0 fully saturated rings. The first-order chi connectivity index (χ1) is 28.1. The van der Waals surface area contributed by atoms with Crippen LogP contribution in [0.4, 0.5) is 11.4 Å². The van der Waals surface area contributed by atoms with Crippen molar-refractivity contribution < 1.29 is 19.2 Å². The number of thioether (sulfide) groups is 2. The summed E-state index contributed by atoms with van der Waals surface area (Å²) in [6.45, 7) is 8.75. The number of nitriles is 2. The molecule has 0 spiro atoms. The molecule has 4 amide bonds. The van der Waals surface area contributed by atoms with Gasteiger partial charge in [0.2, 0.25) is 0 Å². The number of hydrogen-bond acceptors (Lipinski definition) is 12. The molecule has 58 heavy (non-hydrogen) atoms. The normalized spacial score (nSPS) is 14.6. The van der Waals surface area contributed by atoms with Gasteiger partial charge in [-0.2, -0.15) is 20.5 Å². The number of thiocarbonyl (C=S) groups is 2. The second-order valence-electron chi connectivity index (χ2n) is 14.8. The van der Waals surface area contributed by atoms with Gasteiger partial charge in [0, 0.05) is 77.1 Å². The molecule has 2 aliphatic heterocycles. The number of thiocyanates is 2. The number of fused-ring (bicyclic) bond motifs is 2. The lowest BCUT2D eigenvalue weighted by molar-refractivity contribution is 0.0565. The van der Waals surface area contributed by atoms with Crippen molar-refractivity contribution in [3.63, 3.8) is 0 Å². The number of amides is 4. The van der Waals surface area contributed by atoms with Crippen LogP contribution in [-0.4, -0.2) is 56.8 Å². The Labute approximate surface area is 355 Å². The first kappa shape index (κ1) is 41.1. The Bertz CT molecular complexity index is 2600. The van der Waals surface area contributed by atoms with Crippen LogP contribution in [0.5, 0.6) is 0 Å². The predicted molar refractivity (Wildman–Crippen MR) is 237 cm³/mol. The van der Waals surface area contributed by atoms with Gasteiger partial charge < -0.3 is 0 Å². The quantitative estimate of drug-likeness (QED) is 0.0179. The van der Waals surface area contributed by atoms with E-state index in [9.17, 15) is 29.7 Å². The third-order valence-electron chi connectivity index (χ3n) is 11.7. The van der Waals surface area contributed by atoms with E-state index in [0.717, 1.165) is 74.9 Å². The second kappa shape index (κ2) is 17.1. The summed E-state index contributed by atoms with van der Waals surface area (Å²) in [4.78, 5) is 70.7. The molecular weight excluding hydrogens is 805 g/mol. The first-order valence-electron chi connectivity index (χ1n) is 19.5. The number of unbranched alkanes of at least 4 members (excludes halogenated alkanes) is 2.